The lowest BCUT2D eigenvalue weighted by Crippen LogP contribution is -2.41. The zero-order valence-corrected chi connectivity index (χ0v) is 15.5. The van der Waals surface area contributed by atoms with Gasteiger partial charge in [-0.2, -0.15) is 0 Å². The molecule has 0 radical (unpaired) electrons. The summed E-state index contributed by atoms with van der Waals surface area (Å²) >= 11 is 0. The van der Waals surface area contributed by atoms with Gasteiger partial charge in [0.05, 0.1) is 11.9 Å². The third-order valence-corrected chi connectivity index (χ3v) is 5.37. The number of carbonyl (C=O) groups is 1. The van der Waals surface area contributed by atoms with E-state index in [1.807, 2.05) is 18.2 Å². The normalized spacial score (nSPS) is 14.3. The molecule has 0 bridgehead atoms. The Bertz CT molecular complexity index is 862. The molecule has 0 unspecified atom stereocenters. The highest BCUT2D eigenvalue weighted by Gasteiger charge is 2.27. The van der Waals surface area contributed by atoms with Crippen LogP contribution in [-0.4, -0.2) is 45.1 Å². The molecule has 6 nitrogen and oxygen atoms in total. The molecular formula is C19H22N2O4S. The van der Waals surface area contributed by atoms with Crippen LogP contribution in [0.2, 0.25) is 0 Å². The summed E-state index contributed by atoms with van der Waals surface area (Å²) in [6.07, 6.45) is 3.01. The molecule has 0 aromatic heterocycles. The molecule has 26 heavy (non-hydrogen) atoms. The highest BCUT2D eigenvalue weighted by molar-refractivity contribution is 7.92. The van der Waals surface area contributed by atoms with E-state index in [-0.39, 0.29) is 12.5 Å². The summed E-state index contributed by atoms with van der Waals surface area (Å²) < 4.78 is 31.8. The van der Waals surface area contributed by atoms with Crippen molar-refractivity contribution in [1.29, 1.82) is 0 Å². The fourth-order valence-electron chi connectivity index (χ4n) is 2.94. The molecule has 2 aromatic carbocycles. The van der Waals surface area contributed by atoms with Crippen LogP contribution in [0.25, 0.3) is 0 Å². The minimum atomic E-state index is -3.65. The van der Waals surface area contributed by atoms with Crippen molar-refractivity contribution < 1.29 is 17.9 Å². The molecule has 7 heteroatoms. The Morgan fingerprint density at radius 2 is 1.65 bits per heavy atom. The molecule has 0 saturated carbocycles. The van der Waals surface area contributed by atoms with E-state index < -0.39 is 10.0 Å². The predicted octanol–water partition coefficient (Wildman–Crippen LogP) is 2.87. The summed E-state index contributed by atoms with van der Waals surface area (Å²) in [5.41, 5.74) is 0.353. The van der Waals surface area contributed by atoms with Gasteiger partial charge in [0.15, 0.2) is 5.75 Å². The van der Waals surface area contributed by atoms with Crippen LogP contribution >= 0.6 is 0 Å². The molecule has 1 amide bonds. The Balaban J connectivity index is 1.90. The van der Waals surface area contributed by atoms with Crippen LogP contribution in [0.15, 0.2) is 54.6 Å². The van der Waals surface area contributed by atoms with Gasteiger partial charge < -0.3 is 9.64 Å². The summed E-state index contributed by atoms with van der Waals surface area (Å²) in [6.45, 7) is 1.13. The molecule has 3 rings (SSSR count). The number of carbonyl (C=O) groups excluding carboxylic acids is 1. The lowest BCUT2D eigenvalue weighted by atomic mass is 10.2. The summed E-state index contributed by atoms with van der Waals surface area (Å²) in [5.74, 6) is 0.792. The van der Waals surface area contributed by atoms with E-state index in [2.05, 4.69) is 0 Å². The maximum atomic E-state index is 12.5. The van der Waals surface area contributed by atoms with Crippen molar-refractivity contribution in [2.75, 3.05) is 30.2 Å². The SMILES string of the molecule is CS(=O)(=O)N(CC(=O)N1CCCC1)c1ccccc1Oc1ccccc1. The molecular weight excluding hydrogens is 352 g/mol. The second-order valence-corrected chi connectivity index (χ2v) is 8.15. The van der Waals surface area contributed by atoms with Crippen LogP contribution in [0, 0.1) is 0 Å². The molecule has 1 saturated heterocycles. The average Bonchev–Trinajstić information content (AvgIpc) is 3.15. The van der Waals surface area contributed by atoms with Crippen LogP contribution in [0.1, 0.15) is 12.8 Å². The summed E-state index contributed by atoms with van der Waals surface area (Å²) in [6, 6.07) is 16.0. The van der Waals surface area contributed by atoms with Crippen LogP contribution in [0.3, 0.4) is 0 Å². The number of anilines is 1. The van der Waals surface area contributed by atoms with Gasteiger partial charge in [-0.3, -0.25) is 9.10 Å². The molecule has 0 N–H and O–H groups in total. The van der Waals surface area contributed by atoms with E-state index in [1.165, 1.54) is 0 Å². The lowest BCUT2D eigenvalue weighted by Gasteiger charge is -2.26. The second-order valence-electron chi connectivity index (χ2n) is 6.24. The number of para-hydroxylation sites is 3. The summed E-state index contributed by atoms with van der Waals surface area (Å²) in [4.78, 5) is 14.2. The molecule has 1 fully saturated rings. The zero-order chi connectivity index (χ0) is 18.6. The van der Waals surface area contributed by atoms with Crippen molar-refractivity contribution in [3.05, 3.63) is 54.6 Å². The Morgan fingerprint density at radius 3 is 2.31 bits per heavy atom. The largest absolute Gasteiger partial charge is 0.455 e. The van der Waals surface area contributed by atoms with Crippen molar-refractivity contribution in [3.63, 3.8) is 0 Å². The molecule has 1 aliphatic rings. The zero-order valence-electron chi connectivity index (χ0n) is 14.7. The van der Waals surface area contributed by atoms with E-state index in [0.717, 1.165) is 23.4 Å². The fourth-order valence-corrected chi connectivity index (χ4v) is 3.79. The number of nitrogens with zero attached hydrogens (tertiary/aromatic N) is 2. The van der Waals surface area contributed by atoms with Gasteiger partial charge in [0.2, 0.25) is 15.9 Å². The second kappa shape index (κ2) is 7.78. The van der Waals surface area contributed by atoms with Gasteiger partial charge >= 0.3 is 0 Å². The van der Waals surface area contributed by atoms with Crippen molar-refractivity contribution in [2.45, 2.75) is 12.8 Å². The smallest absolute Gasteiger partial charge is 0.243 e. The Kier molecular flexibility index (Phi) is 5.46. The molecule has 138 valence electrons. The van der Waals surface area contributed by atoms with Crippen LogP contribution in [0.5, 0.6) is 11.5 Å². The van der Waals surface area contributed by atoms with Gasteiger partial charge in [-0.1, -0.05) is 30.3 Å². The number of amides is 1. The Morgan fingerprint density at radius 1 is 1.04 bits per heavy atom. The molecule has 0 atom stereocenters. The molecule has 0 aliphatic carbocycles. The fraction of sp³-hybridized carbons (Fsp3) is 0.316. The van der Waals surface area contributed by atoms with Gasteiger partial charge in [-0.25, -0.2) is 8.42 Å². The van der Waals surface area contributed by atoms with E-state index >= 15 is 0 Å². The van der Waals surface area contributed by atoms with Gasteiger partial charge in [-0.15, -0.1) is 0 Å². The first-order valence-corrected chi connectivity index (χ1v) is 10.4. The topological polar surface area (TPSA) is 66.9 Å². The molecule has 2 aromatic rings. The average molecular weight is 374 g/mol. The van der Waals surface area contributed by atoms with Gasteiger partial charge in [-0.05, 0) is 37.1 Å². The minimum Gasteiger partial charge on any atom is -0.455 e. The summed E-state index contributed by atoms with van der Waals surface area (Å²) in [5, 5.41) is 0. The number of sulfonamides is 1. The Hall–Kier alpha value is -2.54. The standard InChI is InChI=1S/C19H22N2O4S/c1-26(23,24)21(15-19(22)20-13-7-8-14-20)17-11-5-6-12-18(17)25-16-9-3-2-4-10-16/h2-6,9-12H,7-8,13-15H2,1H3. The first-order valence-electron chi connectivity index (χ1n) is 8.52. The number of rotatable bonds is 6. The lowest BCUT2D eigenvalue weighted by molar-refractivity contribution is -0.128. The van der Waals surface area contributed by atoms with Crippen molar-refractivity contribution >= 4 is 21.6 Å². The van der Waals surface area contributed by atoms with Gasteiger partial charge in [0.25, 0.3) is 0 Å². The first-order chi connectivity index (χ1) is 12.4. The van der Waals surface area contributed by atoms with E-state index in [4.69, 9.17) is 4.74 Å². The Labute approximate surface area is 154 Å². The molecule has 0 spiro atoms. The van der Waals surface area contributed by atoms with E-state index in [9.17, 15) is 13.2 Å². The number of likely N-dealkylation sites (tertiary alicyclic amines) is 1. The van der Waals surface area contributed by atoms with Crippen molar-refractivity contribution in [3.8, 4) is 11.5 Å². The predicted molar refractivity (Wildman–Crippen MR) is 101 cm³/mol. The molecule has 1 aliphatic heterocycles. The van der Waals surface area contributed by atoms with Crippen LogP contribution in [-0.2, 0) is 14.8 Å². The highest BCUT2D eigenvalue weighted by Crippen LogP contribution is 2.33. The van der Waals surface area contributed by atoms with Crippen molar-refractivity contribution in [1.82, 2.24) is 4.90 Å². The monoisotopic (exact) mass is 374 g/mol. The van der Waals surface area contributed by atoms with Gasteiger partial charge in [0.1, 0.15) is 12.3 Å². The third-order valence-electron chi connectivity index (χ3n) is 4.24. The van der Waals surface area contributed by atoms with E-state index in [1.54, 1.807) is 41.3 Å². The van der Waals surface area contributed by atoms with Gasteiger partial charge in [0, 0.05) is 13.1 Å². The number of benzene rings is 2. The summed E-state index contributed by atoms with van der Waals surface area (Å²) in [7, 11) is -3.65. The number of hydrogen-bond acceptors (Lipinski definition) is 4. The van der Waals surface area contributed by atoms with Crippen molar-refractivity contribution in [2.24, 2.45) is 0 Å². The van der Waals surface area contributed by atoms with Crippen LogP contribution in [0.4, 0.5) is 5.69 Å². The number of ether oxygens (including phenoxy) is 1. The maximum Gasteiger partial charge on any atom is 0.243 e. The van der Waals surface area contributed by atoms with Crippen LogP contribution < -0.4 is 9.04 Å². The first kappa shape index (κ1) is 18.3. The third kappa shape index (κ3) is 4.35. The maximum absolute atomic E-state index is 12.5. The minimum absolute atomic E-state index is 0.192. The molecule has 1 heterocycles. The van der Waals surface area contributed by atoms with E-state index in [0.29, 0.717) is 30.3 Å². The quantitative estimate of drug-likeness (QED) is 0.780. The number of hydrogen-bond donors (Lipinski definition) is 0. The highest BCUT2D eigenvalue weighted by atomic mass is 32.2.